The van der Waals surface area contributed by atoms with Crippen LogP contribution in [-0.4, -0.2) is 15.0 Å². The molecule has 0 aliphatic rings. The van der Waals surface area contributed by atoms with Gasteiger partial charge in [0.2, 0.25) is 0 Å². The molecule has 0 radical (unpaired) electrons. The summed E-state index contributed by atoms with van der Waals surface area (Å²) in [6, 6.07) is 17.7. The first kappa shape index (κ1) is 14.3. The van der Waals surface area contributed by atoms with E-state index in [1.54, 1.807) is 6.20 Å². The highest BCUT2D eigenvalue weighted by molar-refractivity contribution is 6.30. The number of anilines is 2. The van der Waals surface area contributed by atoms with Crippen LogP contribution in [0.1, 0.15) is 0 Å². The Kier molecular flexibility index (Phi) is 3.11. The molecule has 0 aliphatic heterocycles. The lowest BCUT2D eigenvalue weighted by Crippen LogP contribution is -1.95. The topological polar surface area (TPSA) is 53.6 Å². The largest absolute Gasteiger partial charge is 0.351 e. The van der Waals surface area contributed by atoms with Crippen molar-refractivity contribution in [2.45, 2.75) is 0 Å². The average Bonchev–Trinajstić information content (AvgIpc) is 3.02. The van der Waals surface area contributed by atoms with E-state index in [2.05, 4.69) is 21.4 Å². The summed E-state index contributed by atoms with van der Waals surface area (Å²) >= 11 is 6.11. The van der Waals surface area contributed by atoms with Crippen LogP contribution < -0.4 is 5.32 Å². The molecule has 3 heterocycles. The Labute approximate surface area is 148 Å². The number of hydrogen-bond donors (Lipinski definition) is 2. The molecule has 25 heavy (non-hydrogen) atoms. The molecule has 0 amide bonds. The average molecular weight is 345 g/mol. The maximum Gasteiger partial charge on any atom is 0.155 e. The first-order valence-electron chi connectivity index (χ1n) is 7.96. The molecule has 0 saturated heterocycles. The second-order valence-corrected chi connectivity index (χ2v) is 6.35. The lowest BCUT2D eigenvalue weighted by Gasteiger charge is -2.09. The molecule has 5 aromatic rings. The molecule has 0 bridgehead atoms. The third-order valence-electron chi connectivity index (χ3n) is 4.33. The van der Waals surface area contributed by atoms with Crippen molar-refractivity contribution in [1.29, 1.82) is 0 Å². The van der Waals surface area contributed by atoms with E-state index < -0.39 is 0 Å². The fourth-order valence-corrected chi connectivity index (χ4v) is 3.43. The molecular formula is C20H13ClN4. The van der Waals surface area contributed by atoms with Crippen molar-refractivity contribution in [3.63, 3.8) is 0 Å². The third kappa shape index (κ3) is 2.30. The molecule has 0 unspecified atom stereocenters. The number of halogens is 1. The number of H-pyrrole nitrogens is 1. The zero-order valence-electron chi connectivity index (χ0n) is 13.1. The minimum Gasteiger partial charge on any atom is -0.351 e. The highest BCUT2D eigenvalue weighted by Gasteiger charge is 2.14. The second-order valence-electron chi connectivity index (χ2n) is 5.91. The van der Waals surface area contributed by atoms with Crippen LogP contribution in [0.3, 0.4) is 0 Å². The number of pyridine rings is 2. The molecule has 0 aliphatic carbocycles. The van der Waals surface area contributed by atoms with Gasteiger partial charge in [-0.25, -0.2) is 4.98 Å². The van der Waals surface area contributed by atoms with Gasteiger partial charge in [0.25, 0.3) is 0 Å². The Balaban J connectivity index is 1.85. The van der Waals surface area contributed by atoms with Crippen molar-refractivity contribution >= 4 is 55.8 Å². The molecular weight excluding hydrogens is 332 g/mol. The van der Waals surface area contributed by atoms with Crippen LogP contribution >= 0.6 is 11.6 Å². The van der Waals surface area contributed by atoms with Gasteiger partial charge in [0.05, 0.1) is 11.0 Å². The first-order valence-corrected chi connectivity index (χ1v) is 8.34. The molecule has 0 atom stereocenters. The molecule has 0 saturated carbocycles. The lowest BCUT2D eigenvalue weighted by molar-refractivity contribution is 1.35. The van der Waals surface area contributed by atoms with Crippen molar-refractivity contribution in [3.8, 4) is 0 Å². The minimum absolute atomic E-state index is 0.683. The van der Waals surface area contributed by atoms with Gasteiger partial charge in [-0.3, -0.25) is 4.98 Å². The SMILES string of the molecule is Clc1cccc(Nc2nc3ccccc3c3c2[nH]c2ccncc23)c1. The number of para-hydroxylation sites is 1. The second kappa shape index (κ2) is 5.46. The Morgan fingerprint density at radius 1 is 0.960 bits per heavy atom. The standard InChI is InChI=1S/C20H13ClN4/c21-12-4-3-5-13(10-12)23-20-19-18(14-6-1-2-7-16(14)25-20)15-11-22-9-8-17(15)24-19/h1-11,24H,(H,23,25). The number of nitrogens with zero attached hydrogens (tertiary/aromatic N) is 2. The quantitative estimate of drug-likeness (QED) is 0.434. The van der Waals surface area contributed by atoms with E-state index in [1.807, 2.05) is 54.7 Å². The van der Waals surface area contributed by atoms with Gasteiger partial charge in [-0.05, 0) is 30.3 Å². The van der Waals surface area contributed by atoms with E-state index in [4.69, 9.17) is 16.6 Å². The van der Waals surface area contributed by atoms with Crippen molar-refractivity contribution < 1.29 is 0 Å². The van der Waals surface area contributed by atoms with Crippen molar-refractivity contribution in [3.05, 3.63) is 72.0 Å². The predicted octanol–water partition coefficient (Wildman–Crippen LogP) is 5.66. The van der Waals surface area contributed by atoms with Crippen LogP contribution in [-0.2, 0) is 0 Å². The van der Waals surface area contributed by atoms with Gasteiger partial charge in [-0.2, -0.15) is 0 Å². The number of hydrogen-bond acceptors (Lipinski definition) is 3. The van der Waals surface area contributed by atoms with E-state index in [-0.39, 0.29) is 0 Å². The van der Waals surface area contributed by atoms with Gasteiger partial charge in [0.15, 0.2) is 5.82 Å². The summed E-state index contributed by atoms with van der Waals surface area (Å²) in [5.74, 6) is 0.771. The number of rotatable bonds is 2. The lowest BCUT2D eigenvalue weighted by atomic mass is 10.1. The van der Waals surface area contributed by atoms with Gasteiger partial charge in [-0.1, -0.05) is 35.9 Å². The Hall–Kier alpha value is -3.11. The van der Waals surface area contributed by atoms with Gasteiger partial charge in [0, 0.05) is 44.8 Å². The van der Waals surface area contributed by atoms with Crippen molar-refractivity contribution in [2.75, 3.05) is 5.32 Å². The summed E-state index contributed by atoms with van der Waals surface area (Å²) in [5, 5.41) is 7.39. The van der Waals surface area contributed by atoms with E-state index >= 15 is 0 Å². The molecule has 0 spiro atoms. The molecule has 5 rings (SSSR count). The number of nitrogens with one attached hydrogen (secondary N) is 2. The monoisotopic (exact) mass is 344 g/mol. The van der Waals surface area contributed by atoms with Crippen LogP contribution in [0, 0.1) is 0 Å². The van der Waals surface area contributed by atoms with Crippen LogP contribution in [0.2, 0.25) is 5.02 Å². The first-order chi connectivity index (χ1) is 12.3. The summed E-state index contributed by atoms with van der Waals surface area (Å²) in [7, 11) is 0. The van der Waals surface area contributed by atoms with E-state index in [0.717, 1.165) is 44.2 Å². The van der Waals surface area contributed by atoms with Crippen molar-refractivity contribution in [2.24, 2.45) is 0 Å². The molecule has 120 valence electrons. The number of fused-ring (bicyclic) bond motifs is 5. The highest BCUT2D eigenvalue weighted by atomic mass is 35.5. The summed E-state index contributed by atoms with van der Waals surface area (Å²) in [4.78, 5) is 12.6. The maximum absolute atomic E-state index is 6.11. The molecule has 2 N–H and O–H groups in total. The van der Waals surface area contributed by atoms with Gasteiger partial charge >= 0.3 is 0 Å². The summed E-state index contributed by atoms with van der Waals surface area (Å²) in [5.41, 5.74) is 3.83. The summed E-state index contributed by atoms with van der Waals surface area (Å²) in [6.07, 6.45) is 3.68. The number of benzene rings is 2. The Morgan fingerprint density at radius 3 is 2.80 bits per heavy atom. The maximum atomic E-state index is 6.11. The number of aromatic amines is 1. The molecule has 4 nitrogen and oxygen atoms in total. The van der Waals surface area contributed by atoms with E-state index in [1.165, 1.54) is 0 Å². The molecule has 5 heteroatoms. The van der Waals surface area contributed by atoms with Crippen LogP contribution in [0.15, 0.2) is 67.0 Å². The summed E-state index contributed by atoms with van der Waals surface area (Å²) in [6.45, 7) is 0. The zero-order valence-corrected chi connectivity index (χ0v) is 13.9. The third-order valence-corrected chi connectivity index (χ3v) is 4.56. The van der Waals surface area contributed by atoms with E-state index in [0.29, 0.717) is 5.02 Å². The van der Waals surface area contributed by atoms with Gasteiger partial charge < -0.3 is 10.3 Å². The van der Waals surface area contributed by atoms with Crippen molar-refractivity contribution in [1.82, 2.24) is 15.0 Å². The van der Waals surface area contributed by atoms with Crippen LogP contribution in [0.5, 0.6) is 0 Å². The van der Waals surface area contributed by atoms with Crippen LogP contribution in [0.25, 0.3) is 32.7 Å². The zero-order chi connectivity index (χ0) is 16.8. The van der Waals surface area contributed by atoms with Gasteiger partial charge in [0.1, 0.15) is 0 Å². The molecule has 2 aromatic carbocycles. The normalized spacial score (nSPS) is 11.4. The van der Waals surface area contributed by atoms with Gasteiger partial charge in [-0.15, -0.1) is 0 Å². The Bertz CT molecular complexity index is 1240. The fourth-order valence-electron chi connectivity index (χ4n) is 3.24. The van der Waals surface area contributed by atoms with Crippen LogP contribution in [0.4, 0.5) is 11.5 Å². The van der Waals surface area contributed by atoms with E-state index in [9.17, 15) is 0 Å². The highest BCUT2D eigenvalue weighted by Crippen LogP contribution is 2.35. The fraction of sp³-hybridized carbons (Fsp3) is 0. The number of aromatic nitrogens is 3. The minimum atomic E-state index is 0.683. The predicted molar refractivity (Wildman–Crippen MR) is 104 cm³/mol. The molecule has 0 fully saturated rings. The Morgan fingerprint density at radius 2 is 1.88 bits per heavy atom. The molecule has 3 aromatic heterocycles. The smallest absolute Gasteiger partial charge is 0.155 e. The summed E-state index contributed by atoms with van der Waals surface area (Å²) < 4.78 is 0.